The van der Waals surface area contributed by atoms with Crippen LogP contribution in [0.1, 0.15) is 12.5 Å². The summed E-state index contributed by atoms with van der Waals surface area (Å²) >= 11 is 0. The second-order valence-corrected chi connectivity index (χ2v) is 9.20. The molecule has 3 rings (SSSR count). The van der Waals surface area contributed by atoms with Gasteiger partial charge in [0, 0.05) is 60.6 Å². The van der Waals surface area contributed by atoms with E-state index in [2.05, 4.69) is 15.0 Å². The van der Waals surface area contributed by atoms with Crippen LogP contribution in [0.3, 0.4) is 0 Å². The normalized spacial score (nSPS) is 11.7. The minimum atomic E-state index is -3.58. The Morgan fingerprint density at radius 2 is 1.82 bits per heavy atom. The second-order valence-electron chi connectivity index (χ2n) is 7.19. The number of anilines is 4. The lowest BCUT2D eigenvalue weighted by molar-refractivity contribution is 0.586. The van der Waals surface area contributed by atoms with Gasteiger partial charge in [0.05, 0.1) is 11.4 Å². The number of pyridine rings is 1. The Hall–Kier alpha value is -3.73. The molecule has 1 heterocycles. The van der Waals surface area contributed by atoms with E-state index < -0.39 is 27.2 Å². The lowest BCUT2D eigenvalue weighted by Crippen LogP contribution is -2.22. The van der Waals surface area contributed by atoms with E-state index in [1.54, 1.807) is 6.07 Å². The minimum absolute atomic E-state index is 0.00281. The van der Waals surface area contributed by atoms with Crippen LogP contribution in [0.4, 0.5) is 31.5 Å². The Kier molecular flexibility index (Phi) is 6.82. The van der Waals surface area contributed by atoms with Crippen molar-refractivity contribution in [1.82, 2.24) is 4.57 Å². The number of nitrogens with one attached hydrogen (secondary N) is 2. The standard InChI is InChI=1S/C22H23F2N5O3S/c1-4-33(31,32)28-14-6-8-19(27-20-7-5-13(23)9-18(20)24)15(10-14)17-12-29(3)22(30)21(25)16(17)11-26-2/h5-12,27-28H,4,25H2,1-3H3. The highest BCUT2D eigenvalue weighted by molar-refractivity contribution is 7.92. The molecule has 33 heavy (non-hydrogen) atoms. The number of aliphatic imine (C=N–C) groups is 1. The number of hydrogen-bond acceptors (Lipinski definition) is 6. The molecule has 0 aliphatic carbocycles. The van der Waals surface area contributed by atoms with E-state index in [1.165, 1.54) is 56.2 Å². The molecule has 0 spiro atoms. The molecule has 8 nitrogen and oxygen atoms in total. The highest BCUT2D eigenvalue weighted by Gasteiger charge is 2.18. The van der Waals surface area contributed by atoms with Crippen molar-refractivity contribution in [2.24, 2.45) is 12.0 Å². The van der Waals surface area contributed by atoms with E-state index in [0.717, 1.165) is 12.1 Å². The van der Waals surface area contributed by atoms with E-state index in [0.29, 0.717) is 22.4 Å². The average Bonchev–Trinajstić information content (AvgIpc) is 2.76. The number of hydrogen-bond donors (Lipinski definition) is 3. The molecular formula is C22H23F2N5O3S. The molecule has 4 N–H and O–H groups in total. The van der Waals surface area contributed by atoms with E-state index in [1.807, 2.05) is 0 Å². The SMILES string of the molecule is CCS(=O)(=O)Nc1ccc(Nc2ccc(F)cc2F)c(-c2cn(C)c(=O)c(N)c2C=NC)c1. The third-order valence-corrected chi connectivity index (χ3v) is 6.18. The van der Waals surface area contributed by atoms with Crippen LogP contribution in [0.25, 0.3) is 11.1 Å². The summed E-state index contributed by atoms with van der Waals surface area (Å²) in [5.41, 5.74) is 7.36. The van der Waals surface area contributed by atoms with Crippen LogP contribution >= 0.6 is 0 Å². The fraction of sp³-hybridized carbons (Fsp3) is 0.182. The molecule has 0 fully saturated rings. The number of aryl methyl sites for hydroxylation is 1. The van der Waals surface area contributed by atoms with Crippen molar-refractivity contribution in [1.29, 1.82) is 0 Å². The second kappa shape index (κ2) is 9.41. The molecule has 2 aromatic carbocycles. The smallest absolute Gasteiger partial charge is 0.274 e. The van der Waals surface area contributed by atoms with Crippen LogP contribution in [0.2, 0.25) is 0 Å². The van der Waals surface area contributed by atoms with E-state index in [4.69, 9.17) is 5.73 Å². The van der Waals surface area contributed by atoms with Gasteiger partial charge < -0.3 is 15.6 Å². The Labute approximate surface area is 189 Å². The summed E-state index contributed by atoms with van der Waals surface area (Å²) in [6.07, 6.45) is 2.94. The fourth-order valence-corrected chi connectivity index (χ4v) is 3.81. The number of nitrogens with two attached hydrogens (primary N) is 1. The van der Waals surface area contributed by atoms with Crippen LogP contribution in [0.15, 0.2) is 52.4 Å². The van der Waals surface area contributed by atoms with Crippen LogP contribution in [-0.2, 0) is 17.1 Å². The first-order valence-corrected chi connectivity index (χ1v) is 11.5. The van der Waals surface area contributed by atoms with Crippen LogP contribution in [0, 0.1) is 11.6 Å². The number of aromatic nitrogens is 1. The number of nitrogen functional groups attached to an aromatic ring is 1. The van der Waals surface area contributed by atoms with Gasteiger partial charge >= 0.3 is 0 Å². The van der Waals surface area contributed by atoms with E-state index in [-0.39, 0.29) is 22.8 Å². The molecule has 11 heteroatoms. The van der Waals surface area contributed by atoms with Crippen molar-refractivity contribution in [3.05, 3.63) is 70.1 Å². The molecular weight excluding hydrogens is 452 g/mol. The molecule has 0 atom stereocenters. The van der Waals surface area contributed by atoms with Crippen molar-refractivity contribution in [3.8, 4) is 11.1 Å². The highest BCUT2D eigenvalue weighted by atomic mass is 32.2. The molecule has 0 bridgehead atoms. The van der Waals surface area contributed by atoms with Gasteiger partial charge in [0.1, 0.15) is 17.3 Å². The third kappa shape index (κ3) is 5.20. The van der Waals surface area contributed by atoms with Crippen molar-refractivity contribution in [2.75, 3.05) is 28.6 Å². The maximum Gasteiger partial charge on any atom is 0.274 e. The Morgan fingerprint density at radius 1 is 1.12 bits per heavy atom. The molecule has 0 saturated carbocycles. The summed E-state index contributed by atoms with van der Waals surface area (Å²) in [5.74, 6) is -1.68. The molecule has 0 unspecified atom stereocenters. The lowest BCUT2D eigenvalue weighted by atomic mass is 9.98. The van der Waals surface area contributed by atoms with Gasteiger partial charge in [-0.05, 0) is 37.3 Å². The van der Waals surface area contributed by atoms with Crippen molar-refractivity contribution in [2.45, 2.75) is 6.92 Å². The van der Waals surface area contributed by atoms with Gasteiger partial charge in [-0.25, -0.2) is 17.2 Å². The molecule has 0 aliphatic heterocycles. The zero-order chi connectivity index (χ0) is 24.3. The van der Waals surface area contributed by atoms with Gasteiger partial charge in [0.15, 0.2) is 0 Å². The van der Waals surface area contributed by atoms with Gasteiger partial charge in [-0.2, -0.15) is 0 Å². The Morgan fingerprint density at radius 3 is 2.45 bits per heavy atom. The number of rotatable bonds is 7. The first-order chi connectivity index (χ1) is 15.6. The van der Waals surface area contributed by atoms with Gasteiger partial charge in [-0.1, -0.05) is 0 Å². The highest BCUT2D eigenvalue weighted by Crippen LogP contribution is 2.36. The third-order valence-electron chi connectivity index (χ3n) is 4.88. The molecule has 0 aliphatic rings. The maximum atomic E-state index is 14.3. The lowest BCUT2D eigenvalue weighted by Gasteiger charge is -2.18. The van der Waals surface area contributed by atoms with Crippen LogP contribution in [0.5, 0.6) is 0 Å². The first-order valence-electron chi connectivity index (χ1n) is 9.84. The van der Waals surface area contributed by atoms with E-state index >= 15 is 0 Å². The Balaban J connectivity index is 2.28. The van der Waals surface area contributed by atoms with Gasteiger partial charge in [0.2, 0.25) is 10.0 Å². The molecule has 0 radical (unpaired) electrons. The van der Waals surface area contributed by atoms with E-state index in [9.17, 15) is 22.0 Å². The van der Waals surface area contributed by atoms with Gasteiger partial charge in [-0.15, -0.1) is 0 Å². The van der Waals surface area contributed by atoms with Crippen molar-refractivity contribution < 1.29 is 17.2 Å². The maximum absolute atomic E-state index is 14.3. The first kappa shape index (κ1) is 23.9. The molecule has 0 amide bonds. The zero-order valence-corrected chi connectivity index (χ0v) is 19.0. The minimum Gasteiger partial charge on any atom is -0.394 e. The van der Waals surface area contributed by atoms with Crippen molar-refractivity contribution in [3.63, 3.8) is 0 Å². The molecule has 0 saturated heterocycles. The molecule has 1 aromatic heterocycles. The summed E-state index contributed by atoms with van der Waals surface area (Å²) in [6, 6.07) is 7.66. The number of benzene rings is 2. The summed E-state index contributed by atoms with van der Waals surface area (Å²) in [7, 11) is -0.544. The van der Waals surface area contributed by atoms with Gasteiger partial charge in [0.25, 0.3) is 5.56 Å². The number of nitrogens with zero attached hydrogens (tertiary/aromatic N) is 2. The quantitative estimate of drug-likeness (QED) is 0.452. The monoisotopic (exact) mass is 475 g/mol. The summed E-state index contributed by atoms with van der Waals surface area (Å²) in [5, 5.41) is 2.90. The predicted molar refractivity (Wildman–Crippen MR) is 128 cm³/mol. The van der Waals surface area contributed by atoms with Crippen molar-refractivity contribution >= 4 is 39.0 Å². The molecule has 174 valence electrons. The average molecular weight is 476 g/mol. The molecule has 3 aromatic rings. The number of sulfonamides is 1. The number of halogens is 2. The van der Waals surface area contributed by atoms with Crippen LogP contribution < -0.4 is 21.3 Å². The summed E-state index contributed by atoms with van der Waals surface area (Å²) in [4.78, 5) is 16.3. The van der Waals surface area contributed by atoms with Crippen LogP contribution in [-0.4, -0.2) is 32.0 Å². The fourth-order valence-electron chi connectivity index (χ4n) is 3.18. The topological polar surface area (TPSA) is 119 Å². The van der Waals surface area contributed by atoms with Gasteiger partial charge in [-0.3, -0.25) is 14.5 Å². The predicted octanol–water partition coefficient (Wildman–Crippen LogP) is 3.47. The summed E-state index contributed by atoms with van der Waals surface area (Å²) < 4.78 is 55.6. The largest absolute Gasteiger partial charge is 0.394 e. The zero-order valence-electron chi connectivity index (χ0n) is 18.2. The summed E-state index contributed by atoms with van der Waals surface area (Å²) in [6.45, 7) is 1.50. The Bertz CT molecular complexity index is 1400.